The SMILES string of the molecule is CC[CH]N1CCN(Cc2ccccc2)CC1. The quantitative estimate of drug-likeness (QED) is 0.764. The molecule has 0 spiro atoms. The van der Waals surface area contributed by atoms with Crippen LogP contribution in [0.25, 0.3) is 0 Å². The normalized spacial score (nSPS) is 18.8. The zero-order valence-corrected chi connectivity index (χ0v) is 10.1. The molecular weight excluding hydrogens is 196 g/mol. The average molecular weight is 217 g/mol. The molecule has 0 aliphatic carbocycles. The Hall–Kier alpha value is -0.860. The van der Waals surface area contributed by atoms with Crippen LogP contribution in [-0.2, 0) is 6.54 Å². The van der Waals surface area contributed by atoms with Gasteiger partial charge in [-0.15, -0.1) is 0 Å². The van der Waals surface area contributed by atoms with E-state index in [1.165, 1.54) is 31.7 Å². The monoisotopic (exact) mass is 217 g/mol. The van der Waals surface area contributed by atoms with E-state index in [1.807, 2.05) is 0 Å². The largest absolute Gasteiger partial charge is 0.297 e. The smallest absolute Gasteiger partial charge is 0.0249 e. The predicted molar refractivity (Wildman–Crippen MR) is 67.9 cm³/mol. The highest BCUT2D eigenvalue weighted by Gasteiger charge is 2.15. The van der Waals surface area contributed by atoms with Crippen molar-refractivity contribution in [3.05, 3.63) is 42.4 Å². The van der Waals surface area contributed by atoms with Gasteiger partial charge in [0.15, 0.2) is 0 Å². The second kappa shape index (κ2) is 6.02. The molecule has 0 bridgehead atoms. The van der Waals surface area contributed by atoms with E-state index >= 15 is 0 Å². The van der Waals surface area contributed by atoms with Crippen LogP contribution in [0.3, 0.4) is 0 Å². The van der Waals surface area contributed by atoms with Gasteiger partial charge in [0, 0.05) is 39.3 Å². The number of hydrogen-bond acceptors (Lipinski definition) is 2. The van der Waals surface area contributed by atoms with Crippen molar-refractivity contribution in [1.29, 1.82) is 0 Å². The third-order valence-electron chi connectivity index (χ3n) is 3.10. The molecule has 2 rings (SSSR count). The topological polar surface area (TPSA) is 6.48 Å². The van der Waals surface area contributed by atoms with Crippen LogP contribution in [-0.4, -0.2) is 36.0 Å². The van der Waals surface area contributed by atoms with E-state index in [2.05, 4.69) is 53.6 Å². The molecule has 1 aromatic carbocycles. The summed E-state index contributed by atoms with van der Waals surface area (Å²) in [4.78, 5) is 4.98. The van der Waals surface area contributed by atoms with Gasteiger partial charge in [-0.2, -0.15) is 0 Å². The van der Waals surface area contributed by atoms with E-state index in [0.29, 0.717) is 0 Å². The Balaban J connectivity index is 1.77. The van der Waals surface area contributed by atoms with Crippen LogP contribution < -0.4 is 0 Å². The number of nitrogens with zero attached hydrogens (tertiary/aromatic N) is 2. The van der Waals surface area contributed by atoms with E-state index in [4.69, 9.17) is 0 Å². The van der Waals surface area contributed by atoms with E-state index in [-0.39, 0.29) is 0 Å². The van der Waals surface area contributed by atoms with Crippen LogP contribution in [0, 0.1) is 6.54 Å². The molecular formula is C14H21N2. The maximum atomic E-state index is 2.54. The first-order valence-electron chi connectivity index (χ1n) is 6.22. The van der Waals surface area contributed by atoms with Gasteiger partial charge in [-0.3, -0.25) is 9.80 Å². The van der Waals surface area contributed by atoms with Gasteiger partial charge in [0.1, 0.15) is 0 Å². The molecule has 0 amide bonds. The fraction of sp³-hybridized carbons (Fsp3) is 0.500. The molecule has 0 unspecified atom stereocenters. The van der Waals surface area contributed by atoms with Gasteiger partial charge in [0.05, 0.1) is 0 Å². The average Bonchev–Trinajstić information content (AvgIpc) is 2.33. The van der Waals surface area contributed by atoms with Crippen LogP contribution in [0.4, 0.5) is 0 Å². The molecule has 0 atom stereocenters. The van der Waals surface area contributed by atoms with E-state index < -0.39 is 0 Å². The van der Waals surface area contributed by atoms with Crippen molar-refractivity contribution in [3.8, 4) is 0 Å². The van der Waals surface area contributed by atoms with Gasteiger partial charge in [-0.05, 0) is 12.0 Å². The number of rotatable bonds is 4. The lowest BCUT2D eigenvalue weighted by molar-refractivity contribution is 0.147. The predicted octanol–water partition coefficient (Wildman–Crippen LogP) is 2.38. The minimum absolute atomic E-state index is 1.10. The minimum atomic E-state index is 1.10. The minimum Gasteiger partial charge on any atom is -0.297 e. The molecule has 1 saturated heterocycles. The molecule has 0 saturated carbocycles. The second-order valence-corrected chi connectivity index (χ2v) is 4.39. The standard InChI is InChI=1S/C14H21N2/c1-2-8-15-9-11-16(12-10-15)13-14-6-4-3-5-7-14/h3-8H,2,9-13H2,1H3. The zero-order chi connectivity index (χ0) is 11.2. The summed E-state index contributed by atoms with van der Waals surface area (Å²) in [7, 11) is 0. The molecule has 2 nitrogen and oxygen atoms in total. The Morgan fingerprint density at radius 2 is 1.75 bits per heavy atom. The van der Waals surface area contributed by atoms with Gasteiger partial charge in [-0.1, -0.05) is 37.3 Å². The Bertz CT molecular complexity index is 289. The van der Waals surface area contributed by atoms with E-state index in [0.717, 1.165) is 13.0 Å². The molecule has 1 aliphatic rings. The molecule has 0 N–H and O–H groups in total. The first kappa shape index (κ1) is 11.6. The van der Waals surface area contributed by atoms with Crippen molar-refractivity contribution >= 4 is 0 Å². The Labute approximate surface area is 98.9 Å². The lowest BCUT2D eigenvalue weighted by Gasteiger charge is -2.34. The van der Waals surface area contributed by atoms with Crippen molar-refractivity contribution in [1.82, 2.24) is 9.80 Å². The fourth-order valence-corrected chi connectivity index (χ4v) is 2.20. The Morgan fingerprint density at radius 3 is 2.38 bits per heavy atom. The molecule has 0 aromatic heterocycles. The Morgan fingerprint density at radius 1 is 1.06 bits per heavy atom. The highest BCUT2D eigenvalue weighted by Crippen LogP contribution is 2.09. The van der Waals surface area contributed by atoms with Gasteiger partial charge in [0.25, 0.3) is 0 Å². The molecule has 1 fully saturated rings. The van der Waals surface area contributed by atoms with Gasteiger partial charge >= 0.3 is 0 Å². The van der Waals surface area contributed by atoms with Gasteiger partial charge in [-0.25, -0.2) is 0 Å². The molecule has 2 heteroatoms. The lowest BCUT2D eigenvalue weighted by Crippen LogP contribution is -2.44. The van der Waals surface area contributed by atoms with Crippen molar-refractivity contribution in [2.75, 3.05) is 26.2 Å². The highest BCUT2D eigenvalue weighted by atomic mass is 15.3. The number of piperazine rings is 1. The summed E-state index contributed by atoms with van der Waals surface area (Å²) in [6, 6.07) is 10.7. The summed E-state index contributed by atoms with van der Waals surface area (Å²) in [5.41, 5.74) is 1.43. The van der Waals surface area contributed by atoms with Crippen LogP contribution in [0.15, 0.2) is 30.3 Å². The summed E-state index contributed by atoms with van der Waals surface area (Å²) in [5.74, 6) is 0. The van der Waals surface area contributed by atoms with Crippen molar-refractivity contribution < 1.29 is 0 Å². The molecule has 87 valence electrons. The second-order valence-electron chi connectivity index (χ2n) is 4.39. The fourth-order valence-electron chi connectivity index (χ4n) is 2.20. The summed E-state index contributed by atoms with van der Waals surface area (Å²) in [5, 5.41) is 0. The third-order valence-corrected chi connectivity index (χ3v) is 3.10. The zero-order valence-electron chi connectivity index (χ0n) is 10.1. The van der Waals surface area contributed by atoms with Crippen LogP contribution in [0.5, 0.6) is 0 Å². The third kappa shape index (κ3) is 3.32. The maximum Gasteiger partial charge on any atom is 0.0249 e. The number of benzene rings is 1. The molecule has 1 aliphatic heterocycles. The lowest BCUT2D eigenvalue weighted by atomic mass is 10.2. The summed E-state index contributed by atoms with van der Waals surface area (Å²) >= 11 is 0. The van der Waals surface area contributed by atoms with E-state index in [1.54, 1.807) is 0 Å². The first-order chi connectivity index (χ1) is 7.88. The van der Waals surface area contributed by atoms with Crippen LogP contribution in [0.2, 0.25) is 0 Å². The molecule has 1 heterocycles. The van der Waals surface area contributed by atoms with Crippen LogP contribution >= 0.6 is 0 Å². The van der Waals surface area contributed by atoms with Crippen LogP contribution in [0.1, 0.15) is 18.9 Å². The maximum absolute atomic E-state index is 2.54. The van der Waals surface area contributed by atoms with Gasteiger partial charge in [0.2, 0.25) is 0 Å². The Kier molecular flexibility index (Phi) is 4.37. The van der Waals surface area contributed by atoms with Gasteiger partial charge < -0.3 is 0 Å². The summed E-state index contributed by atoms with van der Waals surface area (Å²) in [6.45, 7) is 10.4. The molecule has 1 radical (unpaired) electrons. The van der Waals surface area contributed by atoms with E-state index in [9.17, 15) is 0 Å². The van der Waals surface area contributed by atoms with Crippen molar-refractivity contribution in [2.24, 2.45) is 0 Å². The highest BCUT2D eigenvalue weighted by molar-refractivity contribution is 5.14. The molecule has 16 heavy (non-hydrogen) atoms. The first-order valence-corrected chi connectivity index (χ1v) is 6.22. The summed E-state index contributed by atoms with van der Waals surface area (Å²) in [6.07, 6.45) is 1.15. The van der Waals surface area contributed by atoms with Crippen molar-refractivity contribution in [3.63, 3.8) is 0 Å². The number of hydrogen-bond donors (Lipinski definition) is 0. The summed E-state index contributed by atoms with van der Waals surface area (Å²) < 4.78 is 0. The molecule has 1 aromatic rings. The van der Waals surface area contributed by atoms with Crippen molar-refractivity contribution in [2.45, 2.75) is 19.9 Å².